The number of nitrogens with zero attached hydrogens (tertiary/aromatic N) is 1. The highest BCUT2D eigenvalue weighted by Crippen LogP contribution is 2.40. The van der Waals surface area contributed by atoms with Crippen LogP contribution in [0.3, 0.4) is 0 Å². The van der Waals surface area contributed by atoms with E-state index in [-0.39, 0.29) is 5.92 Å². The minimum atomic E-state index is 0.231. The lowest BCUT2D eigenvalue weighted by molar-refractivity contribution is 0.806. The van der Waals surface area contributed by atoms with Crippen LogP contribution in [0.5, 0.6) is 0 Å². The van der Waals surface area contributed by atoms with E-state index in [9.17, 15) is 0 Å². The maximum absolute atomic E-state index is 2.50. The summed E-state index contributed by atoms with van der Waals surface area (Å²) in [5.41, 5.74) is 10.2. The van der Waals surface area contributed by atoms with Gasteiger partial charge in [0.05, 0.1) is 16.7 Å². The van der Waals surface area contributed by atoms with Crippen molar-refractivity contribution in [3.05, 3.63) is 199 Å². The van der Waals surface area contributed by atoms with E-state index in [0.29, 0.717) is 0 Å². The minimum Gasteiger partial charge on any atom is -0.309 e. The van der Waals surface area contributed by atoms with Crippen molar-refractivity contribution < 1.29 is 0 Å². The number of hydrogen-bond donors (Lipinski definition) is 0. The molecule has 0 aliphatic heterocycles. The molecule has 1 aromatic heterocycles. The average molecular weight is 600 g/mol. The SMILES string of the molecule is c1ccc(-c2ccc(C(Cc3ccc4c5c6ccccc6ccc5n(-c5cccc6ccccc56)c4c3)c3ccccc3)cc2)cc1. The molecule has 0 aliphatic carbocycles. The lowest BCUT2D eigenvalue weighted by atomic mass is 9.85. The molecular formula is C46H33N. The van der Waals surface area contributed by atoms with E-state index in [1.54, 1.807) is 0 Å². The van der Waals surface area contributed by atoms with Crippen LogP contribution >= 0.6 is 0 Å². The predicted octanol–water partition coefficient (Wildman–Crippen LogP) is 12.1. The van der Waals surface area contributed by atoms with Gasteiger partial charge in [-0.05, 0) is 68.6 Å². The zero-order valence-corrected chi connectivity index (χ0v) is 26.1. The van der Waals surface area contributed by atoms with Crippen molar-refractivity contribution in [3.63, 3.8) is 0 Å². The maximum atomic E-state index is 2.50. The largest absolute Gasteiger partial charge is 0.309 e. The highest BCUT2D eigenvalue weighted by molar-refractivity contribution is 6.21. The van der Waals surface area contributed by atoms with Crippen LogP contribution in [0.25, 0.3) is 60.2 Å². The first kappa shape index (κ1) is 27.4. The van der Waals surface area contributed by atoms with Crippen LogP contribution in [0, 0.1) is 0 Å². The van der Waals surface area contributed by atoms with Gasteiger partial charge in [0.1, 0.15) is 0 Å². The molecule has 8 aromatic carbocycles. The summed E-state index contributed by atoms with van der Waals surface area (Å²) >= 11 is 0. The van der Waals surface area contributed by atoms with E-state index in [4.69, 9.17) is 0 Å². The molecule has 9 rings (SSSR count). The van der Waals surface area contributed by atoms with Crippen molar-refractivity contribution in [2.75, 3.05) is 0 Å². The van der Waals surface area contributed by atoms with Gasteiger partial charge in [-0.1, -0.05) is 164 Å². The number of fused-ring (bicyclic) bond motifs is 6. The summed E-state index contributed by atoms with van der Waals surface area (Å²) in [6.07, 6.45) is 0.905. The summed E-state index contributed by atoms with van der Waals surface area (Å²) in [7, 11) is 0. The van der Waals surface area contributed by atoms with Crippen molar-refractivity contribution in [2.24, 2.45) is 0 Å². The number of rotatable bonds is 6. The van der Waals surface area contributed by atoms with Gasteiger partial charge in [-0.25, -0.2) is 0 Å². The van der Waals surface area contributed by atoms with Gasteiger partial charge in [-0.3, -0.25) is 0 Å². The molecule has 0 spiro atoms. The second-order valence-corrected chi connectivity index (χ2v) is 12.5. The van der Waals surface area contributed by atoms with Gasteiger partial charge >= 0.3 is 0 Å². The molecule has 222 valence electrons. The van der Waals surface area contributed by atoms with Gasteiger partial charge in [-0.15, -0.1) is 0 Å². The summed E-state index contributed by atoms with van der Waals surface area (Å²) in [6.45, 7) is 0. The second kappa shape index (κ2) is 11.5. The van der Waals surface area contributed by atoms with E-state index in [2.05, 4.69) is 187 Å². The standard InChI is InChI=1S/C46H33N/c1-3-12-33(13-4-1)34-23-25-38(26-24-34)42(36-14-5-2-6-15-36)30-32-22-28-41-45(31-32)47(43-21-11-18-35-16-7-9-19-39(35)43)44-29-27-37-17-8-10-20-40(37)46(41)44/h1-29,31,42H,30H2. The molecule has 0 amide bonds. The average Bonchev–Trinajstić information content (AvgIpc) is 3.48. The van der Waals surface area contributed by atoms with E-state index in [1.165, 1.54) is 76.9 Å². The van der Waals surface area contributed by atoms with Crippen molar-refractivity contribution in [1.29, 1.82) is 0 Å². The van der Waals surface area contributed by atoms with Crippen LogP contribution in [-0.4, -0.2) is 4.57 Å². The van der Waals surface area contributed by atoms with E-state index >= 15 is 0 Å². The van der Waals surface area contributed by atoms with Gasteiger partial charge < -0.3 is 4.57 Å². The molecular weight excluding hydrogens is 567 g/mol. The molecule has 47 heavy (non-hydrogen) atoms. The first-order valence-electron chi connectivity index (χ1n) is 16.5. The third kappa shape index (κ3) is 4.80. The first-order valence-corrected chi connectivity index (χ1v) is 16.5. The van der Waals surface area contributed by atoms with Crippen LogP contribution in [0.15, 0.2) is 182 Å². The monoisotopic (exact) mass is 599 g/mol. The summed E-state index contributed by atoms with van der Waals surface area (Å²) in [5.74, 6) is 0.231. The lowest BCUT2D eigenvalue weighted by Crippen LogP contribution is -2.05. The van der Waals surface area contributed by atoms with Crippen molar-refractivity contribution in [1.82, 2.24) is 4.57 Å². The normalized spacial score (nSPS) is 12.3. The van der Waals surface area contributed by atoms with Crippen LogP contribution in [-0.2, 0) is 6.42 Å². The Bertz CT molecular complexity index is 2520. The van der Waals surface area contributed by atoms with Crippen molar-refractivity contribution >= 4 is 43.4 Å². The second-order valence-electron chi connectivity index (χ2n) is 12.5. The van der Waals surface area contributed by atoms with Gasteiger partial charge in [0.15, 0.2) is 0 Å². The Morgan fingerprint density at radius 2 is 1.02 bits per heavy atom. The van der Waals surface area contributed by atoms with E-state index in [0.717, 1.165) is 6.42 Å². The highest BCUT2D eigenvalue weighted by atomic mass is 15.0. The zero-order valence-electron chi connectivity index (χ0n) is 26.1. The van der Waals surface area contributed by atoms with Crippen LogP contribution < -0.4 is 0 Å². The Morgan fingerprint density at radius 3 is 1.81 bits per heavy atom. The van der Waals surface area contributed by atoms with Crippen LogP contribution in [0.1, 0.15) is 22.6 Å². The topological polar surface area (TPSA) is 4.93 Å². The fourth-order valence-electron chi connectivity index (χ4n) is 7.51. The Balaban J connectivity index is 1.23. The number of benzene rings is 8. The molecule has 0 bridgehead atoms. The maximum Gasteiger partial charge on any atom is 0.0547 e. The smallest absolute Gasteiger partial charge is 0.0547 e. The van der Waals surface area contributed by atoms with E-state index < -0.39 is 0 Å². The summed E-state index contributed by atoms with van der Waals surface area (Å²) in [6, 6.07) is 66.7. The van der Waals surface area contributed by atoms with Gasteiger partial charge in [-0.2, -0.15) is 0 Å². The molecule has 0 saturated heterocycles. The number of hydrogen-bond acceptors (Lipinski definition) is 0. The molecule has 1 heteroatoms. The zero-order chi connectivity index (χ0) is 31.2. The summed E-state index contributed by atoms with van der Waals surface area (Å²) in [5, 5.41) is 7.67. The van der Waals surface area contributed by atoms with Gasteiger partial charge in [0, 0.05) is 22.1 Å². The molecule has 0 aliphatic rings. The molecule has 9 aromatic rings. The molecule has 0 saturated carbocycles. The van der Waals surface area contributed by atoms with Gasteiger partial charge in [0.2, 0.25) is 0 Å². The van der Waals surface area contributed by atoms with Crippen LogP contribution in [0.4, 0.5) is 0 Å². The Labute approximate surface area is 275 Å². The molecule has 1 unspecified atom stereocenters. The van der Waals surface area contributed by atoms with Crippen molar-refractivity contribution in [3.8, 4) is 16.8 Å². The molecule has 0 fully saturated rings. The van der Waals surface area contributed by atoms with Crippen LogP contribution in [0.2, 0.25) is 0 Å². The number of aromatic nitrogens is 1. The Morgan fingerprint density at radius 1 is 0.404 bits per heavy atom. The molecule has 1 nitrogen and oxygen atoms in total. The van der Waals surface area contributed by atoms with E-state index in [1.807, 2.05) is 0 Å². The fourth-order valence-corrected chi connectivity index (χ4v) is 7.51. The first-order chi connectivity index (χ1) is 23.3. The summed E-state index contributed by atoms with van der Waals surface area (Å²) in [4.78, 5) is 0. The Hall–Kier alpha value is -5.92. The highest BCUT2D eigenvalue weighted by Gasteiger charge is 2.20. The molecule has 1 heterocycles. The van der Waals surface area contributed by atoms with Crippen molar-refractivity contribution in [2.45, 2.75) is 12.3 Å². The molecule has 0 radical (unpaired) electrons. The third-order valence-electron chi connectivity index (χ3n) is 9.79. The quantitative estimate of drug-likeness (QED) is 0.179. The predicted molar refractivity (Wildman–Crippen MR) is 200 cm³/mol. The summed E-state index contributed by atoms with van der Waals surface area (Å²) < 4.78 is 2.50. The minimum absolute atomic E-state index is 0.231. The molecule has 0 N–H and O–H groups in total. The third-order valence-corrected chi connectivity index (χ3v) is 9.79. The molecule has 1 atom stereocenters. The fraction of sp³-hybridized carbons (Fsp3) is 0.0435. The lowest BCUT2D eigenvalue weighted by Gasteiger charge is -2.19. The van der Waals surface area contributed by atoms with Gasteiger partial charge in [0.25, 0.3) is 0 Å². The Kier molecular flexibility index (Phi) is 6.68.